The summed E-state index contributed by atoms with van der Waals surface area (Å²) in [4.78, 5) is 80.3. The number of hydrogen-bond acceptors (Lipinski definition) is 12. The number of aromatic nitrogens is 3. The number of nitrogens with one attached hydrogen (secondary N) is 3. The van der Waals surface area contributed by atoms with Gasteiger partial charge in [-0.15, -0.1) is 21.5 Å². The molecular weight excluding hydrogens is 1030 g/mol. The van der Waals surface area contributed by atoms with Gasteiger partial charge in [0, 0.05) is 60.8 Å². The number of β-amino-alcohol motifs (C(OH)–C–C–N with tert-alkyl or cyclic N) is 1. The normalized spacial score (nSPS) is 19.2. The molecular formula is C62H76N10O7S. The van der Waals surface area contributed by atoms with Crippen molar-refractivity contribution in [2.24, 2.45) is 10.4 Å². The molecule has 0 spiro atoms. The van der Waals surface area contributed by atoms with Crippen molar-refractivity contribution in [3.8, 4) is 5.00 Å². The zero-order chi connectivity index (χ0) is 57.2. The van der Waals surface area contributed by atoms with E-state index in [4.69, 9.17) is 9.73 Å². The molecule has 9 rings (SSSR count). The number of piperazine rings is 1. The molecule has 1 aliphatic carbocycles. The van der Waals surface area contributed by atoms with Gasteiger partial charge >= 0.3 is 0 Å². The molecule has 5 heterocycles. The number of carbonyl (C=O) groups excluding carboxylic acids is 5. The third-order valence-corrected chi connectivity index (χ3v) is 17.2. The number of ether oxygens (including phenoxy) is 1. The van der Waals surface area contributed by atoms with Gasteiger partial charge in [-0.25, -0.2) is 0 Å². The molecule has 5 amide bonds. The highest BCUT2D eigenvalue weighted by atomic mass is 32.1. The number of allylic oxidation sites excluding steroid dienone is 4. The fourth-order valence-electron chi connectivity index (χ4n) is 11.1. The molecule has 18 heteroatoms. The molecule has 80 heavy (non-hydrogen) atoms. The van der Waals surface area contributed by atoms with E-state index in [1.165, 1.54) is 20.9 Å². The third kappa shape index (κ3) is 12.7. The largest absolute Gasteiger partial charge is 0.391 e. The first-order chi connectivity index (χ1) is 38.1. The van der Waals surface area contributed by atoms with Gasteiger partial charge in [-0.05, 0) is 106 Å². The topological polar surface area (TPSA) is 204 Å². The Balaban J connectivity index is 0.718. The number of nitrogens with zero attached hydrogens (tertiary/aromatic N) is 7. The quantitative estimate of drug-likeness (QED) is 0.0664. The molecule has 3 aliphatic heterocycles. The molecule has 17 nitrogen and oxygen atoms in total. The minimum atomic E-state index is -1.01. The number of fused-ring (bicyclic) bond motifs is 3. The van der Waals surface area contributed by atoms with Gasteiger partial charge < -0.3 is 40.5 Å². The van der Waals surface area contributed by atoms with Crippen LogP contribution in [0, 0.1) is 33.1 Å². The Kier molecular flexibility index (Phi) is 17.4. The van der Waals surface area contributed by atoms with E-state index in [1.807, 2.05) is 77.9 Å². The van der Waals surface area contributed by atoms with Crippen LogP contribution in [-0.4, -0.2) is 129 Å². The maximum absolute atomic E-state index is 14.2. The number of likely N-dealkylation sites (tertiary alicyclic amines) is 1. The van der Waals surface area contributed by atoms with Crippen molar-refractivity contribution in [1.82, 2.24) is 40.5 Å². The fourth-order valence-corrected chi connectivity index (χ4v) is 12.3. The molecule has 422 valence electrons. The molecule has 5 aromatic rings. The number of hydrogen-bond donors (Lipinski definition) is 4. The van der Waals surface area contributed by atoms with Crippen molar-refractivity contribution in [3.05, 3.63) is 146 Å². The summed E-state index contributed by atoms with van der Waals surface area (Å²) in [6.45, 7) is 21.6. The summed E-state index contributed by atoms with van der Waals surface area (Å²) in [6.07, 6.45) is 4.52. The highest BCUT2D eigenvalue weighted by Gasteiger charge is 2.45. The standard InChI is InChI=1S/C62H76N10O7S/c1-36-14-16-46(17-15-36)56-55-38(3)41(6)80-61(55)72-42(7)67-68-58(72)50(65-56)33-52(74)63-39(4)44-22-24-47(25-23-44)69-27-29-70(30-28-69)54(76)26-31-79-35-53(75)66-57(62(8,9)10)60(78)71-34-48(73)32-51(71)59(77)64-40(5)43-18-20-45(21-19-43)49-13-11-12-37(49)2/h11-12,14-25,39-40,48,50-51,57,73H,13,26-35H2,1-10H3,(H,63,74)(H,64,77)(H,66,75)/t39-,40-,48?,50?,51-,57+/m0/s1. The Hall–Kier alpha value is -7.28. The van der Waals surface area contributed by atoms with Gasteiger partial charge in [0.05, 0.1) is 43.3 Å². The number of thiophene rings is 1. The fraction of sp³-hybridized carbons (Fsp3) is 0.452. The zero-order valence-corrected chi connectivity index (χ0v) is 48.6. The number of aryl methyl sites for hydroxylation is 3. The van der Waals surface area contributed by atoms with Gasteiger partial charge in [-0.3, -0.25) is 33.5 Å². The second-order valence-corrected chi connectivity index (χ2v) is 24.1. The van der Waals surface area contributed by atoms with Crippen molar-refractivity contribution in [2.45, 2.75) is 131 Å². The minimum Gasteiger partial charge on any atom is -0.391 e. The summed E-state index contributed by atoms with van der Waals surface area (Å²) >= 11 is 1.69. The summed E-state index contributed by atoms with van der Waals surface area (Å²) in [5.74, 6) is -0.208. The number of anilines is 1. The lowest BCUT2D eigenvalue weighted by atomic mass is 9.85. The predicted molar refractivity (Wildman–Crippen MR) is 312 cm³/mol. The van der Waals surface area contributed by atoms with Crippen LogP contribution in [0.3, 0.4) is 0 Å². The predicted octanol–water partition coefficient (Wildman–Crippen LogP) is 7.88. The molecule has 2 saturated heterocycles. The van der Waals surface area contributed by atoms with E-state index < -0.39 is 41.5 Å². The number of aliphatic hydroxyl groups is 1. The second-order valence-electron chi connectivity index (χ2n) is 22.9. The number of benzene rings is 3. The van der Waals surface area contributed by atoms with Gasteiger partial charge in [-0.1, -0.05) is 99.2 Å². The summed E-state index contributed by atoms with van der Waals surface area (Å²) in [5, 5.41) is 29.8. The Labute approximate surface area is 473 Å². The van der Waals surface area contributed by atoms with Crippen LogP contribution < -0.4 is 20.9 Å². The maximum Gasteiger partial charge on any atom is 0.246 e. The number of carbonyl (C=O) groups is 5. The molecule has 6 atom stereocenters. The lowest BCUT2D eigenvalue weighted by Crippen LogP contribution is -2.58. The van der Waals surface area contributed by atoms with Gasteiger partial charge in [0.2, 0.25) is 29.5 Å². The summed E-state index contributed by atoms with van der Waals surface area (Å²) in [7, 11) is 0. The number of aliphatic imine (C=N–C) groups is 1. The Bertz CT molecular complexity index is 3220. The van der Waals surface area contributed by atoms with Gasteiger partial charge in [0.15, 0.2) is 5.82 Å². The molecule has 2 unspecified atom stereocenters. The first kappa shape index (κ1) is 57.4. The molecule has 0 bridgehead atoms. The first-order valence-corrected chi connectivity index (χ1v) is 28.7. The average Bonchev–Trinajstić information content (AvgIpc) is 4.35. The monoisotopic (exact) mass is 1100 g/mol. The second kappa shape index (κ2) is 24.2. The van der Waals surface area contributed by atoms with Crippen molar-refractivity contribution in [3.63, 3.8) is 0 Å². The van der Waals surface area contributed by atoms with Crippen molar-refractivity contribution in [2.75, 3.05) is 50.8 Å². The number of rotatable bonds is 17. The van der Waals surface area contributed by atoms with Crippen LogP contribution in [-0.2, 0) is 28.7 Å². The van der Waals surface area contributed by atoms with Crippen LogP contribution in [0.1, 0.15) is 141 Å². The van der Waals surface area contributed by atoms with Crippen LogP contribution >= 0.6 is 11.3 Å². The van der Waals surface area contributed by atoms with Crippen LogP contribution in [0.5, 0.6) is 0 Å². The van der Waals surface area contributed by atoms with Crippen LogP contribution in [0.25, 0.3) is 10.6 Å². The Morgan fingerprint density at radius 3 is 2.10 bits per heavy atom. The summed E-state index contributed by atoms with van der Waals surface area (Å²) < 4.78 is 7.74. The van der Waals surface area contributed by atoms with E-state index in [-0.39, 0.29) is 68.8 Å². The van der Waals surface area contributed by atoms with E-state index in [0.29, 0.717) is 32.0 Å². The Morgan fingerprint density at radius 2 is 1.45 bits per heavy atom. The molecule has 3 aromatic carbocycles. The lowest BCUT2D eigenvalue weighted by Gasteiger charge is -2.36. The van der Waals surface area contributed by atoms with Crippen molar-refractivity contribution in [1.29, 1.82) is 0 Å². The van der Waals surface area contributed by atoms with E-state index in [0.717, 1.165) is 67.6 Å². The van der Waals surface area contributed by atoms with Gasteiger partial charge in [0.1, 0.15) is 35.6 Å². The molecule has 4 N–H and O–H groups in total. The summed E-state index contributed by atoms with van der Waals surface area (Å²) in [5.41, 5.74) is 11.0. The highest BCUT2D eigenvalue weighted by Crippen LogP contribution is 2.40. The highest BCUT2D eigenvalue weighted by molar-refractivity contribution is 7.15. The van der Waals surface area contributed by atoms with E-state index >= 15 is 0 Å². The zero-order valence-electron chi connectivity index (χ0n) is 47.8. The van der Waals surface area contributed by atoms with E-state index in [9.17, 15) is 29.1 Å². The van der Waals surface area contributed by atoms with Crippen LogP contribution in [0.4, 0.5) is 5.69 Å². The molecule has 0 saturated carbocycles. The van der Waals surface area contributed by atoms with Crippen LogP contribution in [0.15, 0.2) is 95.5 Å². The van der Waals surface area contributed by atoms with Gasteiger partial charge in [-0.2, -0.15) is 0 Å². The number of amides is 5. The SMILES string of the molecule is CC1=C(c2ccc([C@H](C)NC(=O)[C@@H]3CC(O)CN3C(=O)[C@@H](NC(=O)COCCC(=O)N3CCN(c4ccc([C@H](C)NC(=O)CC5N=C(c6ccc(C)cc6)c6c(sc(C)c6C)-n6c(C)nnc65)cc4)CC3)C(C)(C)C)cc2)CC=C1. The van der Waals surface area contributed by atoms with Gasteiger partial charge in [0.25, 0.3) is 0 Å². The minimum absolute atomic E-state index is 0.0197. The lowest BCUT2D eigenvalue weighted by molar-refractivity contribution is -0.144. The first-order valence-electron chi connectivity index (χ1n) is 27.9. The third-order valence-electron chi connectivity index (χ3n) is 16.0. The molecule has 2 fully saturated rings. The van der Waals surface area contributed by atoms with E-state index in [1.54, 1.807) is 16.2 Å². The maximum atomic E-state index is 14.2. The smallest absolute Gasteiger partial charge is 0.246 e. The van der Waals surface area contributed by atoms with E-state index in [2.05, 4.69) is 112 Å². The molecule has 4 aliphatic rings. The van der Waals surface area contributed by atoms with Crippen LogP contribution in [0.2, 0.25) is 0 Å². The number of aliphatic hydroxyl groups excluding tert-OH is 1. The average molecular weight is 1110 g/mol. The van der Waals surface area contributed by atoms with Crippen molar-refractivity contribution < 1.29 is 33.8 Å². The van der Waals surface area contributed by atoms with Crippen molar-refractivity contribution >= 4 is 57.8 Å². The summed E-state index contributed by atoms with van der Waals surface area (Å²) in [6, 6.07) is 21.5. The molecule has 2 aromatic heterocycles. The molecule has 0 radical (unpaired) electrons. The Morgan fingerprint density at radius 1 is 0.800 bits per heavy atom.